The summed E-state index contributed by atoms with van der Waals surface area (Å²) in [5.41, 5.74) is 2.11. The molecule has 1 aromatic rings. The third kappa shape index (κ3) is 5.16. The molecule has 0 saturated heterocycles. The average molecular weight is 252 g/mol. The molecule has 0 saturated carbocycles. The fourth-order valence-corrected chi connectivity index (χ4v) is 1.42. The maximum atomic E-state index is 11.4. The molecule has 0 radical (unpaired) electrons. The lowest BCUT2D eigenvalue weighted by atomic mass is 10.1. The molecule has 0 unspecified atom stereocenters. The second-order valence-electron chi connectivity index (χ2n) is 4.16. The first-order valence-electron chi connectivity index (χ1n) is 5.87. The molecule has 0 aliphatic carbocycles. The summed E-state index contributed by atoms with van der Waals surface area (Å²) in [4.78, 5) is 11.4. The predicted octanol–water partition coefficient (Wildman–Crippen LogP) is 1.01. The number of nitrogens with one attached hydrogen (secondary N) is 2. The van der Waals surface area contributed by atoms with E-state index in [2.05, 4.69) is 10.6 Å². The van der Waals surface area contributed by atoms with E-state index >= 15 is 0 Å². The van der Waals surface area contributed by atoms with Crippen LogP contribution in [0.3, 0.4) is 0 Å². The van der Waals surface area contributed by atoms with Crippen molar-refractivity contribution in [2.75, 3.05) is 13.7 Å². The van der Waals surface area contributed by atoms with E-state index in [1.54, 1.807) is 14.0 Å². The van der Waals surface area contributed by atoms with E-state index in [1.165, 1.54) is 0 Å². The highest BCUT2D eigenvalue weighted by atomic mass is 16.5. The number of amides is 2. The second-order valence-corrected chi connectivity index (χ2v) is 4.16. The highest BCUT2D eigenvalue weighted by Gasteiger charge is 2.04. The minimum Gasteiger partial charge on any atom is -0.394 e. The number of aliphatic hydroxyl groups is 1. The van der Waals surface area contributed by atoms with Gasteiger partial charge < -0.3 is 20.5 Å². The Balaban J connectivity index is 2.36. The quantitative estimate of drug-likeness (QED) is 0.707. The van der Waals surface area contributed by atoms with Crippen LogP contribution in [-0.4, -0.2) is 30.9 Å². The van der Waals surface area contributed by atoms with E-state index in [1.807, 2.05) is 24.3 Å². The Hall–Kier alpha value is -1.59. The number of ether oxygens (including phenoxy) is 1. The summed E-state index contributed by atoms with van der Waals surface area (Å²) in [5, 5.41) is 14.1. The Kier molecular flexibility index (Phi) is 6.18. The minimum absolute atomic E-state index is 0.0703. The van der Waals surface area contributed by atoms with Gasteiger partial charge in [-0.3, -0.25) is 0 Å². The number of aliphatic hydroxyl groups excluding tert-OH is 1. The van der Waals surface area contributed by atoms with Gasteiger partial charge in [-0.15, -0.1) is 0 Å². The Morgan fingerprint density at radius 3 is 2.50 bits per heavy atom. The highest BCUT2D eigenvalue weighted by Crippen LogP contribution is 2.05. The van der Waals surface area contributed by atoms with Crippen molar-refractivity contribution in [2.24, 2.45) is 0 Å². The van der Waals surface area contributed by atoms with Crippen molar-refractivity contribution in [3.63, 3.8) is 0 Å². The molecule has 5 nitrogen and oxygen atoms in total. The van der Waals surface area contributed by atoms with Gasteiger partial charge in [-0.2, -0.15) is 0 Å². The van der Waals surface area contributed by atoms with Crippen LogP contribution in [0.2, 0.25) is 0 Å². The van der Waals surface area contributed by atoms with E-state index in [0.29, 0.717) is 13.2 Å². The third-order valence-corrected chi connectivity index (χ3v) is 2.44. The number of hydrogen-bond donors (Lipinski definition) is 3. The van der Waals surface area contributed by atoms with Crippen molar-refractivity contribution in [2.45, 2.75) is 26.1 Å². The molecule has 1 aromatic carbocycles. The molecule has 0 aliphatic rings. The molecule has 2 amide bonds. The smallest absolute Gasteiger partial charge is 0.315 e. The summed E-state index contributed by atoms with van der Waals surface area (Å²) >= 11 is 0. The number of carbonyl (C=O) groups is 1. The van der Waals surface area contributed by atoms with Gasteiger partial charge in [0.25, 0.3) is 0 Å². The molecule has 0 fully saturated rings. The molecule has 0 heterocycles. The summed E-state index contributed by atoms with van der Waals surface area (Å²) in [6.07, 6.45) is 0. The maximum absolute atomic E-state index is 11.4. The van der Waals surface area contributed by atoms with Gasteiger partial charge in [0.2, 0.25) is 0 Å². The summed E-state index contributed by atoms with van der Waals surface area (Å²) in [7, 11) is 1.65. The summed E-state index contributed by atoms with van der Waals surface area (Å²) in [6, 6.07) is 7.31. The van der Waals surface area contributed by atoms with Crippen molar-refractivity contribution in [1.29, 1.82) is 0 Å². The van der Waals surface area contributed by atoms with E-state index in [9.17, 15) is 4.79 Å². The van der Waals surface area contributed by atoms with Crippen LogP contribution in [-0.2, 0) is 17.9 Å². The van der Waals surface area contributed by atoms with Crippen LogP contribution in [0.25, 0.3) is 0 Å². The van der Waals surface area contributed by atoms with Crippen molar-refractivity contribution >= 4 is 6.03 Å². The zero-order valence-corrected chi connectivity index (χ0v) is 10.8. The summed E-state index contributed by atoms with van der Waals surface area (Å²) in [5.74, 6) is 0. The molecule has 0 spiro atoms. The number of methoxy groups -OCH3 is 1. The summed E-state index contributed by atoms with van der Waals surface area (Å²) in [6.45, 7) is 2.71. The van der Waals surface area contributed by atoms with Crippen molar-refractivity contribution in [3.05, 3.63) is 35.4 Å². The minimum atomic E-state index is -0.280. The van der Waals surface area contributed by atoms with Crippen molar-refractivity contribution in [3.8, 4) is 0 Å². The van der Waals surface area contributed by atoms with Crippen molar-refractivity contribution in [1.82, 2.24) is 10.6 Å². The van der Waals surface area contributed by atoms with Crippen LogP contribution in [0, 0.1) is 0 Å². The zero-order chi connectivity index (χ0) is 13.4. The van der Waals surface area contributed by atoms with Gasteiger partial charge in [0.15, 0.2) is 0 Å². The number of rotatable bonds is 6. The fourth-order valence-electron chi connectivity index (χ4n) is 1.42. The number of hydrogen-bond acceptors (Lipinski definition) is 3. The molecule has 0 aromatic heterocycles. The first kappa shape index (κ1) is 14.5. The molecule has 0 bridgehead atoms. The number of carbonyl (C=O) groups excluding carboxylic acids is 1. The molecule has 0 aliphatic heterocycles. The molecule has 3 N–H and O–H groups in total. The van der Waals surface area contributed by atoms with Crippen LogP contribution in [0.1, 0.15) is 18.1 Å². The molecule has 1 rings (SSSR count). The first-order valence-corrected chi connectivity index (χ1v) is 5.87. The highest BCUT2D eigenvalue weighted by molar-refractivity contribution is 5.74. The molecule has 18 heavy (non-hydrogen) atoms. The SMILES string of the molecule is COCc1ccc(CNC(=O)N[C@@H](C)CO)cc1. The molecule has 1 atom stereocenters. The zero-order valence-electron chi connectivity index (χ0n) is 10.8. The van der Waals surface area contributed by atoms with Gasteiger partial charge in [0.1, 0.15) is 0 Å². The van der Waals surface area contributed by atoms with E-state index in [4.69, 9.17) is 9.84 Å². The van der Waals surface area contributed by atoms with Crippen molar-refractivity contribution < 1.29 is 14.6 Å². The normalized spacial score (nSPS) is 11.9. The maximum Gasteiger partial charge on any atom is 0.315 e. The largest absolute Gasteiger partial charge is 0.394 e. The molecule has 5 heteroatoms. The number of urea groups is 1. The number of benzene rings is 1. The monoisotopic (exact) mass is 252 g/mol. The summed E-state index contributed by atoms with van der Waals surface area (Å²) < 4.78 is 5.02. The topological polar surface area (TPSA) is 70.6 Å². The van der Waals surface area contributed by atoms with Crippen LogP contribution >= 0.6 is 0 Å². The lowest BCUT2D eigenvalue weighted by molar-refractivity contribution is 0.185. The van der Waals surface area contributed by atoms with Gasteiger partial charge in [0.05, 0.1) is 19.3 Å². The van der Waals surface area contributed by atoms with Crippen LogP contribution < -0.4 is 10.6 Å². The second kappa shape index (κ2) is 7.68. The Morgan fingerprint density at radius 1 is 1.33 bits per heavy atom. The van der Waals surface area contributed by atoms with Crippen LogP contribution in [0.5, 0.6) is 0 Å². The van der Waals surface area contributed by atoms with Gasteiger partial charge >= 0.3 is 6.03 Å². The molecular weight excluding hydrogens is 232 g/mol. The molecule has 100 valence electrons. The lowest BCUT2D eigenvalue weighted by Crippen LogP contribution is -2.41. The average Bonchev–Trinajstić information content (AvgIpc) is 2.38. The standard InChI is InChI=1S/C13H20N2O3/c1-10(8-16)15-13(17)14-7-11-3-5-12(6-4-11)9-18-2/h3-6,10,16H,7-9H2,1-2H3,(H2,14,15,17)/t10-/m0/s1. The van der Waals surface area contributed by atoms with Crippen LogP contribution in [0.4, 0.5) is 4.79 Å². The molecular formula is C13H20N2O3. The Labute approximate surface area is 107 Å². The Bertz CT molecular complexity index is 365. The van der Waals surface area contributed by atoms with Gasteiger partial charge in [-0.25, -0.2) is 4.79 Å². The van der Waals surface area contributed by atoms with Gasteiger partial charge in [-0.1, -0.05) is 24.3 Å². The Morgan fingerprint density at radius 2 is 1.94 bits per heavy atom. The van der Waals surface area contributed by atoms with Gasteiger partial charge in [-0.05, 0) is 18.1 Å². The van der Waals surface area contributed by atoms with E-state index in [0.717, 1.165) is 11.1 Å². The predicted molar refractivity (Wildman–Crippen MR) is 69.1 cm³/mol. The first-order chi connectivity index (χ1) is 8.65. The third-order valence-electron chi connectivity index (χ3n) is 2.44. The van der Waals surface area contributed by atoms with Crippen LogP contribution in [0.15, 0.2) is 24.3 Å². The van der Waals surface area contributed by atoms with E-state index in [-0.39, 0.29) is 18.7 Å². The van der Waals surface area contributed by atoms with Gasteiger partial charge in [0, 0.05) is 13.7 Å². The lowest BCUT2D eigenvalue weighted by Gasteiger charge is -2.12. The fraction of sp³-hybridized carbons (Fsp3) is 0.462. The van der Waals surface area contributed by atoms with E-state index < -0.39 is 0 Å².